The van der Waals surface area contributed by atoms with Crippen LogP contribution in [0, 0.1) is 0 Å². The number of nitrogens with two attached hydrogens (primary N) is 1. The lowest BCUT2D eigenvalue weighted by Crippen LogP contribution is -2.17. The van der Waals surface area contributed by atoms with Gasteiger partial charge in [0, 0.05) is 0 Å². The van der Waals surface area contributed by atoms with Crippen LogP contribution in [0.3, 0.4) is 0 Å². The van der Waals surface area contributed by atoms with Crippen molar-refractivity contribution >= 4 is 11.1 Å². The summed E-state index contributed by atoms with van der Waals surface area (Å²) in [4.78, 5) is 2.68. The van der Waals surface area contributed by atoms with Gasteiger partial charge < -0.3 is 0 Å². The summed E-state index contributed by atoms with van der Waals surface area (Å²) in [5, 5.41) is 0. The van der Waals surface area contributed by atoms with Gasteiger partial charge in [0.05, 0.1) is 0 Å². The van der Waals surface area contributed by atoms with E-state index in [2.05, 4.69) is 18.0 Å². The monoisotopic (exact) mass is 108 g/mol. The fourth-order valence-electron chi connectivity index (χ4n) is 0.0913. The molecule has 0 bridgehead atoms. The topological polar surface area (TPSA) is 38.0 Å². The average Bonchev–Trinajstić information content (AvgIpc) is 1.65. The number of hydrogen-bond acceptors (Lipinski definition) is 2. The van der Waals surface area contributed by atoms with Gasteiger partial charge in [-0.3, -0.25) is 5.84 Å². The quantitative estimate of drug-likeness (QED) is 0.265. The number of nitrogens with one attached hydrogen (secondary N) is 1. The van der Waals surface area contributed by atoms with E-state index in [1.54, 1.807) is 0 Å². The van der Waals surface area contributed by atoms with Gasteiger partial charge in [-0.15, -0.1) is 0 Å². The first-order valence-corrected chi connectivity index (χ1v) is 3.96. The molecule has 1 atom stereocenters. The maximum absolute atomic E-state index is 5.06. The lowest BCUT2D eigenvalue weighted by Gasteiger charge is -2.08. The normalized spacial score (nSPS) is 17.5. The Morgan fingerprint density at radius 3 is 2.33 bits per heavy atom. The minimum atomic E-state index is -0.0484. The highest BCUT2D eigenvalue weighted by Crippen LogP contribution is 2.07. The summed E-state index contributed by atoms with van der Waals surface area (Å²) in [6, 6.07) is 0. The van der Waals surface area contributed by atoms with E-state index in [9.17, 15) is 0 Å². The zero-order chi connectivity index (χ0) is 4.99. The lowest BCUT2D eigenvalue weighted by molar-refractivity contribution is 1.10. The smallest absolute Gasteiger partial charge is 0.0154 e. The maximum Gasteiger partial charge on any atom is -0.0154 e. The molecule has 0 aliphatic rings. The van der Waals surface area contributed by atoms with E-state index in [1.165, 1.54) is 0 Å². The third-order valence-electron chi connectivity index (χ3n) is 0.695. The van der Waals surface area contributed by atoms with E-state index in [0.29, 0.717) is 0 Å². The van der Waals surface area contributed by atoms with Crippen molar-refractivity contribution in [2.75, 3.05) is 12.0 Å². The summed E-state index contributed by atoms with van der Waals surface area (Å²) in [5.41, 5.74) is 0. The highest BCUT2D eigenvalue weighted by atomic mass is 32.2. The molecule has 0 saturated heterocycles. The van der Waals surface area contributed by atoms with Crippen LogP contribution >= 0.6 is 11.1 Å². The Hall–Kier alpha value is 0.270. The summed E-state index contributed by atoms with van der Waals surface area (Å²) in [6.45, 7) is 2.12. The molecule has 3 N–H and O–H groups in total. The van der Waals surface area contributed by atoms with Crippen molar-refractivity contribution in [1.29, 1.82) is 0 Å². The molecular weight excluding hydrogens is 96.1 g/mol. The van der Waals surface area contributed by atoms with Gasteiger partial charge >= 0.3 is 0 Å². The summed E-state index contributed by atoms with van der Waals surface area (Å²) in [6.07, 6.45) is 2.11. The molecule has 3 heteroatoms. The first-order chi connectivity index (χ1) is 2.81. The molecule has 0 heterocycles. The van der Waals surface area contributed by atoms with E-state index in [0.717, 1.165) is 5.75 Å². The standard InChI is InChI=1S/C3H12N2S/c1-3-6(2)5-4/h5-6H,3-4H2,1-2H3. The Balaban J connectivity index is 2.75. The molecule has 0 aliphatic carbocycles. The highest BCUT2D eigenvalue weighted by molar-refractivity contribution is 8.14. The molecule has 0 saturated carbocycles. The van der Waals surface area contributed by atoms with Crippen molar-refractivity contribution in [2.24, 2.45) is 5.84 Å². The van der Waals surface area contributed by atoms with Crippen LogP contribution in [0.15, 0.2) is 0 Å². The second-order valence-corrected chi connectivity index (χ2v) is 3.43. The first-order valence-electron chi connectivity index (χ1n) is 1.98. The Bertz CT molecular complexity index is 28.0. The Morgan fingerprint density at radius 1 is 1.83 bits per heavy atom. The molecule has 40 valence electrons. The summed E-state index contributed by atoms with van der Waals surface area (Å²) in [7, 11) is 0. The first kappa shape index (κ1) is 6.27. The van der Waals surface area contributed by atoms with Crippen molar-refractivity contribution in [3.63, 3.8) is 0 Å². The molecule has 0 aromatic heterocycles. The van der Waals surface area contributed by atoms with Gasteiger partial charge in [-0.05, 0) is 12.0 Å². The van der Waals surface area contributed by atoms with Gasteiger partial charge in [0.1, 0.15) is 0 Å². The van der Waals surface area contributed by atoms with Gasteiger partial charge in [0.15, 0.2) is 0 Å². The largest absolute Gasteiger partial charge is 0.263 e. The summed E-state index contributed by atoms with van der Waals surface area (Å²) in [5.74, 6) is 6.22. The predicted molar refractivity (Wildman–Crippen MR) is 32.8 cm³/mol. The minimum absolute atomic E-state index is 0.0484. The third-order valence-corrected chi connectivity index (χ3v) is 2.08. The highest BCUT2D eigenvalue weighted by Gasteiger charge is 1.80. The molecule has 6 heavy (non-hydrogen) atoms. The average molecular weight is 108 g/mol. The zero-order valence-electron chi connectivity index (χ0n) is 4.23. The Labute approximate surface area is 41.6 Å². The lowest BCUT2D eigenvalue weighted by atomic mass is 11.0. The predicted octanol–water partition coefficient (Wildman–Crippen LogP) is 0.0156. The summed E-state index contributed by atoms with van der Waals surface area (Å²) < 4.78 is 0. The molecule has 1 unspecified atom stereocenters. The van der Waals surface area contributed by atoms with Crippen molar-refractivity contribution in [1.82, 2.24) is 4.83 Å². The number of hydrogen-bond donors (Lipinski definition) is 3. The van der Waals surface area contributed by atoms with E-state index in [4.69, 9.17) is 5.84 Å². The molecular formula is C3H12N2S. The van der Waals surface area contributed by atoms with Crippen molar-refractivity contribution in [3.8, 4) is 0 Å². The van der Waals surface area contributed by atoms with Crippen LogP contribution in [0.2, 0.25) is 0 Å². The number of rotatable bonds is 2. The minimum Gasteiger partial charge on any atom is -0.263 e. The van der Waals surface area contributed by atoms with E-state index >= 15 is 0 Å². The molecule has 0 spiro atoms. The van der Waals surface area contributed by atoms with Crippen LogP contribution < -0.4 is 10.7 Å². The van der Waals surface area contributed by atoms with Gasteiger partial charge in [0.2, 0.25) is 0 Å². The molecule has 0 rings (SSSR count). The molecule has 0 radical (unpaired) electrons. The Morgan fingerprint density at radius 2 is 2.33 bits per heavy atom. The number of hydrazine groups is 1. The molecule has 0 fully saturated rings. The van der Waals surface area contributed by atoms with Crippen LogP contribution in [0.4, 0.5) is 0 Å². The second kappa shape index (κ2) is 3.46. The summed E-state index contributed by atoms with van der Waals surface area (Å²) >= 11 is -0.0484. The van der Waals surface area contributed by atoms with Crippen LogP contribution in [-0.2, 0) is 0 Å². The molecule has 0 aromatic rings. The van der Waals surface area contributed by atoms with Crippen molar-refractivity contribution in [2.45, 2.75) is 6.92 Å². The SMILES string of the molecule is CC[SH](C)NN. The molecule has 0 aliphatic heterocycles. The molecule has 0 amide bonds. The third kappa shape index (κ3) is 2.50. The van der Waals surface area contributed by atoms with E-state index in [1.807, 2.05) is 0 Å². The van der Waals surface area contributed by atoms with Gasteiger partial charge in [0.25, 0.3) is 0 Å². The van der Waals surface area contributed by atoms with Crippen molar-refractivity contribution in [3.05, 3.63) is 0 Å². The Kier molecular flexibility index (Phi) is 3.62. The zero-order valence-corrected chi connectivity index (χ0v) is 5.13. The van der Waals surface area contributed by atoms with Crippen LogP contribution in [0.1, 0.15) is 6.92 Å². The van der Waals surface area contributed by atoms with Crippen LogP contribution in [0.25, 0.3) is 0 Å². The van der Waals surface area contributed by atoms with Crippen LogP contribution in [0.5, 0.6) is 0 Å². The molecule has 0 aromatic carbocycles. The second-order valence-electron chi connectivity index (χ2n) is 1.14. The van der Waals surface area contributed by atoms with Gasteiger partial charge in [-0.2, -0.15) is 11.1 Å². The van der Waals surface area contributed by atoms with Gasteiger partial charge in [-0.1, -0.05) is 6.92 Å². The van der Waals surface area contributed by atoms with E-state index < -0.39 is 0 Å². The number of thiol groups is 1. The van der Waals surface area contributed by atoms with E-state index in [-0.39, 0.29) is 11.1 Å². The maximum atomic E-state index is 5.06. The van der Waals surface area contributed by atoms with Gasteiger partial charge in [-0.25, -0.2) is 4.83 Å². The fourth-order valence-corrected chi connectivity index (χ4v) is 0.274. The fraction of sp³-hybridized carbons (Fsp3) is 1.00. The van der Waals surface area contributed by atoms with Crippen molar-refractivity contribution < 1.29 is 0 Å². The van der Waals surface area contributed by atoms with Crippen LogP contribution in [-0.4, -0.2) is 12.0 Å². The molecule has 2 nitrogen and oxygen atoms in total.